The van der Waals surface area contributed by atoms with Gasteiger partial charge in [-0.25, -0.2) is 0 Å². The molecule has 2 rings (SSSR count). The Bertz CT molecular complexity index is 436. The van der Waals surface area contributed by atoms with Crippen molar-refractivity contribution in [3.8, 4) is 5.75 Å². The Hall–Kier alpha value is -1.20. The summed E-state index contributed by atoms with van der Waals surface area (Å²) < 4.78 is 5.75. The summed E-state index contributed by atoms with van der Waals surface area (Å²) in [4.78, 5) is 15.2. The van der Waals surface area contributed by atoms with Gasteiger partial charge in [0.15, 0.2) is 0 Å². The molecule has 1 fully saturated rings. The van der Waals surface area contributed by atoms with Crippen molar-refractivity contribution in [2.45, 2.75) is 23.8 Å². The molecular formula is C15H22N2O2S. The van der Waals surface area contributed by atoms with E-state index in [2.05, 4.69) is 28.6 Å². The second-order valence-corrected chi connectivity index (χ2v) is 5.71. The molecule has 110 valence electrons. The number of ether oxygens (including phenoxy) is 1. The van der Waals surface area contributed by atoms with Crippen molar-refractivity contribution in [3.05, 3.63) is 24.3 Å². The molecule has 1 saturated heterocycles. The van der Waals surface area contributed by atoms with Crippen molar-refractivity contribution in [3.63, 3.8) is 0 Å². The predicted octanol–water partition coefficient (Wildman–Crippen LogP) is 2.00. The summed E-state index contributed by atoms with van der Waals surface area (Å²) in [5.74, 6) is 1.00. The third-order valence-corrected chi connectivity index (χ3v) is 4.36. The van der Waals surface area contributed by atoms with Crippen LogP contribution in [0.2, 0.25) is 0 Å². The SMILES string of the molecule is CNC(=O)[C@H]1CCCN1CCOc1ccc(SC)cc1. The first-order valence-corrected chi connectivity index (χ1v) is 8.19. The lowest BCUT2D eigenvalue weighted by atomic mass is 10.2. The van der Waals surface area contributed by atoms with Crippen LogP contribution in [0.1, 0.15) is 12.8 Å². The van der Waals surface area contributed by atoms with Gasteiger partial charge in [-0.3, -0.25) is 9.69 Å². The topological polar surface area (TPSA) is 41.6 Å². The van der Waals surface area contributed by atoms with E-state index in [-0.39, 0.29) is 11.9 Å². The van der Waals surface area contributed by atoms with Gasteiger partial charge in [-0.1, -0.05) is 0 Å². The monoisotopic (exact) mass is 294 g/mol. The highest BCUT2D eigenvalue weighted by Crippen LogP contribution is 2.20. The van der Waals surface area contributed by atoms with Crippen LogP contribution in [0.4, 0.5) is 0 Å². The minimum atomic E-state index is 0.0162. The Morgan fingerprint density at radius 2 is 2.20 bits per heavy atom. The number of amides is 1. The van der Waals surface area contributed by atoms with Gasteiger partial charge < -0.3 is 10.1 Å². The molecule has 1 atom stereocenters. The number of thioether (sulfide) groups is 1. The van der Waals surface area contributed by atoms with Crippen LogP contribution in [0.15, 0.2) is 29.2 Å². The molecule has 0 radical (unpaired) electrons. The van der Waals surface area contributed by atoms with E-state index in [1.165, 1.54) is 4.90 Å². The molecule has 0 bridgehead atoms. The van der Waals surface area contributed by atoms with Gasteiger partial charge in [0, 0.05) is 18.5 Å². The van der Waals surface area contributed by atoms with Gasteiger partial charge in [-0.05, 0) is 49.9 Å². The zero-order chi connectivity index (χ0) is 14.4. The first-order valence-electron chi connectivity index (χ1n) is 6.97. The average molecular weight is 294 g/mol. The standard InChI is InChI=1S/C15H22N2O2S/c1-16-15(18)14-4-3-9-17(14)10-11-19-12-5-7-13(20-2)8-6-12/h5-8,14H,3-4,9-11H2,1-2H3,(H,16,18)/t14-/m1/s1. The number of likely N-dealkylation sites (N-methyl/N-ethyl adjacent to an activating group) is 1. The van der Waals surface area contributed by atoms with Crippen LogP contribution in [0, 0.1) is 0 Å². The summed E-state index contributed by atoms with van der Waals surface area (Å²) in [6, 6.07) is 8.12. The average Bonchev–Trinajstić information content (AvgIpc) is 2.95. The lowest BCUT2D eigenvalue weighted by Crippen LogP contribution is -2.43. The minimum Gasteiger partial charge on any atom is -0.492 e. The Morgan fingerprint density at radius 1 is 1.45 bits per heavy atom. The van der Waals surface area contributed by atoms with Gasteiger partial charge in [0.25, 0.3) is 0 Å². The third-order valence-electron chi connectivity index (χ3n) is 3.62. The number of rotatable bonds is 6. The first kappa shape index (κ1) is 15.2. The quantitative estimate of drug-likeness (QED) is 0.815. The molecule has 1 aliphatic rings. The van der Waals surface area contributed by atoms with Crippen LogP contribution >= 0.6 is 11.8 Å². The lowest BCUT2D eigenvalue weighted by molar-refractivity contribution is -0.125. The molecule has 1 aliphatic heterocycles. The van der Waals surface area contributed by atoms with E-state index in [4.69, 9.17) is 4.74 Å². The smallest absolute Gasteiger partial charge is 0.237 e. The van der Waals surface area contributed by atoms with Crippen molar-refractivity contribution in [2.24, 2.45) is 0 Å². The highest BCUT2D eigenvalue weighted by molar-refractivity contribution is 7.98. The van der Waals surface area contributed by atoms with E-state index < -0.39 is 0 Å². The van der Waals surface area contributed by atoms with Gasteiger partial charge in [-0.2, -0.15) is 0 Å². The molecule has 0 saturated carbocycles. The van der Waals surface area contributed by atoms with Crippen molar-refractivity contribution < 1.29 is 9.53 Å². The Labute approximate surface area is 124 Å². The molecule has 1 aromatic carbocycles. The van der Waals surface area contributed by atoms with Gasteiger partial charge in [0.05, 0.1) is 6.04 Å². The largest absolute Gasteiger partial charge is 0.492 e. The number of hydrogen-bond donors (Lipinski definition) is 1. The van der Waals surface area contributed by atoms with E-state index in [0.717, 1.165) is 31.7 Å². The summed E-state index contributed by atoms with van der Waals surface area (Å²) in [5.41, 5.74) is 0. The molecule has 1 heterocycles. The minimum absolute atomic E-state index is 0.0162. The summed E-state index contributed by atoms with van der Waals surface area (Å²) >= 11 is 1.72. The van der Waals surface area contributed by atoms with E-state index >= 15 is 0 Å². The van der Waals surface area contributed by atoms with E-state index in [1.54, 1.807) is 18.8 Å². The normalized spacial score (nSPS) is 19.0. The van der Waals surface area contributed by atoms with Gasteiger partial charge >= 0.3 is 0 Å². The van der Waals surface area contributed by atoms with E-state index in [9.17, 15) is 4.79 Å². The fourth-order valence-electron chi connectivity index (χ4n) is 2.51. The van der Waals surface area contributed by atoms with Gasteiger partial charge in [-0.15, -0.1) is 11.8 Å². The second kappa shape index (κ2) is 7.55. The molecule has 20 heavy (non-hydrogen) atoms. The molecular weight excluding hydrogens is 272 g/mol. The highest BCUT2D eigenvalue weighted by Gasteiger charge is 2.29. The van der Waals surface area contributed by atoms with E-state index in [1.807, 2.05) is 12.1 Å². The molecule has 5 heteroatoms. The molecule has 0 aliphatic carbocycles. The number of hydrogen-bond acceptors (Lipinski definition) is 4. The van der Waals surface area contributed by atoms with Crippen LogP contribution in [0.5, 0.6) is 5.75 Å². The van der Waals surface area contributed by atoms with Crippen LogP contribution in [-0.4, -0.2) is 49.8 Å². The summed E-state index contributed by atoms with van der Waals surface area (Å²) in [5, 5.41) is 2.73. The summed E-state index contributed by atoms with van der Waals surface area (Å²) in [7, 11) is 1.70. The molecule has 1 amide bonds. The number of nitrogens with zero attached hydrogens (tertiary/aromatic N) is 1. The molecule has 4 nitrogen and oxygen atoms in total. The van der Waals surface area contributed by atoms with Crippen LogP contribution in [0.25, 0.3) is 0 Å². The van der Waals surface area contributed by atoms with Crippen LogP contribution in [-0.2, 0) is 4.79 Å². The third kappa shape index (κ3) is 3.90. The van der Waals surface area contributed by atoms with E-state index in [0.29, 0.717) is 6.61 Å². The van der Waals surface area contributed by atoms with Crippen molar-refractivity contribution >= 4 is 17.7 Å². The Balaban J connectivity index is 1.78. The molecule has 1 aromatic rings. The summed E-state index contributed by atoms with van der Waals surface area (Å²) in [6.07, 6.45) is 4.09. The maximum absolute atomic E-state index is 11.7. The number of carbonyl (C=O) groups is 1. The maximum atomic E-state index is 11.7. The lowest BCUT2D eigenvalue weighted by Gasteiger charge is -2.22. The van der Waals surface area contributed by atoms with Crippen LogP contribution < -0.4 is 10.1 Å². The summed E-state index contributed by atoms with van der Waals surface area (Å²) in [6.45, 7) is 2.39. The van der Waals surface area contributed by atoms with Crippen LogP contribution in [0.3, 0.4) is 0 Å². The Kier molecular flexibility index (Phi) is 5.73. The molecule has 0 unspecified atom stereocenters. The maximum Gasteiger partial charge on any atom is 0.237 e. The zero-order valence-corrected chi connectivity index (χ0v) is 12.9. The van der Waals surface area contributed by atoms with Crippen molar-refractivity contribution in [1.82, 2.24) is 10.2 Å². The Morgan fingerprint density at radius 3 is 2.85 bits per heavy atom. The fraction of sp³-hybridized carbons (Fsp3) is 0.533. The first-order chi connectivity index (χ1) is 9.74. The highest BCUT2D eigenvalue weighted by atomic mass is 32.2. The second-order valence-electron chi connectivity index (χ2n) is 4.83. The number of benzene rings is 1. The zero-order valence-electron chi connectivity index (χ0n) is 12.1. The number of likely N-dealkylation sites (tertiary alicyclic amines) is 1. The molecule has 0 aromatic heterocycles. The van der Waals surface area contributed by atoms with Gasteiger partial charge in [0.2, 0.25) is 5.91 Å². The number of nitrogens with one attached hydrogen (secondary N) is 1. The molecule has 1 N–H and O–H groups in total. The number of carbonyl (C=O) groups excluding carboxylic acids is 1. The van der Waals surface area contributed by atoms with Crippen molar-refractivity contribution in [1.29, 1.82) is 0 Å². The fourth-order valence-corrected chi connectivity index (χ4v) is 2.92. The van der Waals surface area contributed by atoms with Gasteiger partial charge in [0.1, 0.15) is 12.4 Å². The molecule has 0 spiro atoms. The van der Waals surface area contributed by atoms with Crippen molar-refractivity contribution in [2.75, 3.05) is 33.0 Å². The predicted molar refractivity (Wildman–Crippen MR) is 82.4 cm³/mol.